The highest BCUT2D eigenvalue weighted by Gasteiger charge is 2.49. The average Bonchev–Trinajstić information content (AvgIpc) is 3.27. The molecule has 0 bridgehead atoms. The predicted octanol–water partition coefficient (Wildman–Crippen LogP) is 2.41. The van der Waals surface area contributed by atoms with Crippen LogP contribution in [0, 0.1) is 11.8 Å². The first-order chi connectivity index (χ1) is 15.4. The van der Waals surface area contributed by atoms with Crippen molar-refractivity contribution in [3.8, 4) is 0 Å². The molecule has 0 saturated heterocycles. The number of fused-ring (bicyclic) bond motifs is 1. The maximum Gasteiger partial charge on any atom is 0.445 e. The van der Waals surface area contributed by atoms with Crippen LogP contribution in [0.1, 0.15) is 44.0 Å². The normalized spacial score (nSPS) is 22.0. The van der Waals surface area contributed by atoms with E-state index in [2.05, 4.69) is 20.5 Å². The Bertz CT molecular complexity index is 1040. The Balaban J connectivity index is 1.57. The van der Waals surface area contributed by atoms with Crippen LogP contribution in [0.4, 0.5) is 9.93 Å². The number of carbonyl (C=O) groups excluding carboxylic acids is 3. The minimum Gasteiger partial charge on any atom is -0.300 e. The van der Waals surface area contributed by atoms with Crippen molar-refractivity contribution in [1.29, 1.82) is 0 Å². The number of hydrogen-bond donors (Lipinski definition) is 1. The van der Waals surface area contributed by atoms with Gasteiger partial charge in [0.05, 0.1) is 19.8 Å². The van der Waals surface area contributed by atoms with Gasteiger partial charge in [-0.15, -0.1) is 10.2 Å². The van der Waals surface area contributed by atoms with Gasteiger partial charge in [-0.1, -0.05) is 54.3 Å². The third-order valence-corrected chi connectivity index (χ3v) is 7.80. The van der Waals surface area contributed by atoms with Crippen LogP contribution in [0.2, 0.25) is 0 Å². The summed E-state index contributed by atoms with van der Waals surface area (Å²) in [5.74, 6) is -0.0783. The highest BCUT2D eigenvalue weighted by molar-refractivity contribution is 8.14. The van der Waals surface area contributed by atoms with E-state index in [1.807, 2.05) is 6.92 Å². The van der Waals surface area contributed by atoms with E-state index in [-0.39, 0.29) is 23.5 Å². The van der Waals surface area contributed by atoms with Gasteiger partial charge < -0.3 is 0 Å². The molecule has 3 heterocycles. The van der Waals surface area contributed by atoms with Crippen LogP contribution in [0.5, 0.6) is 0 Å². The largest absolute Gasteiger partial charge is 0.445 e. The third kappa shape index (κ3) is 4.51. The van der Waals surface area contributed by atoms with E-state index in [0.29, 0.717) is 21.8 Å². The van der Waals surface area contributed by atoms with Gasteiger partial charge in [-0.3, -0.25) is 14.9 Å². The molecule has 0 spiro atoms. The summed E-state index contributed by atoms with van der Waals surface area (Å²) in [6.07, 6.45) is 6.15. The standard InChI is InChI=1S/C20H25N7O3S2/c1-4-13-24-25-19(32-13)21-12(28)10-31-17-14-16(26(2)20(30)27(3)18(14)29)22-15(23-17)11-8-6-5-7-9-11/h11,14H,4-10H2,1-3H3/p+1. The lowest BCUT2D eigenvalue weighted by atomic mass is 9.88. The molecule has 0 aromatic carbocycles. The van der Waals surface area contributed by atoms with Crippen LogP contribution in [0.15, 0.2) is 9.98 Å². The maximum absolute atomic E-state index is 13.0. The van der Waals surface area contributed by atoms with Gasteiger partial charge in [0, 0.05) is 5.92 Å². The Morgan fingerprint density at radius 2 is 1.97 bits per heavy atom. The summed E-state index contributed by atoms with van der Waals surface area (Å²) in [7, 11) is 3.07. The number of nitrogens with zero attached hydrogens (tertiary/aromatic N) is 6. The van der Waals surface area contributed by atoms with Gasteiger partial charge in [-0.25, -0.2) is 9.79 Å². The number of urea groups is 1. The highest BCUT2D eigenvalue weighted by Crippen LogP contribution is 2.31. The van der Waals surface area contributed by atoms with Gasteiger partial charge in [0.15, 0.2) is 5.92 Å². The number of aryl methyl sites for hydroxylation is 1. The van der Waals surface area contributed by atoms with E-state index in [9.17, 15) is 14.4 Å². The first-order valence-electron chi connectivity index (χ1n) is 10.7. The van der Waals surface area contributed by atoms with Gasteiger partial charge in [0.25, 0.3) is 5.84 Å². The fourth-order valence-electron chi connectivity index (χ4n) is 3.99. The summed E-state index contributed by atoms with van der Waals surface area (Å²) in [6.45, 7) is 1.97. The number of anilines is 1. The van der Waals surface area contributed by atoms with Crippen molar-refractivity contribution in [3.05, 3.63) is 5.01 Å². The lowest BCUT2D eigenvalue weighted by molar-refractivity contribution is -0.407. The number of aliphatic imine (C=N–C) groups is 2. The zero-order valence-corrected chi connectivity index (χ0v) is 20.0. The lowest BCUT2D eigenvalue weighted by Crippen LogP contribution is -2.55. The second kappa shape index (κ2) is 9.57. The summed E-state index contributed by atoms with van der Waals surface area (Å²) >= 11 is 2.55. The lowest BCUT2D eigenvalue weighted by Gasteiger charge is -2.28. The Hall–Kier alpha value is -2.47. The van der Waals surface area contributed by atoms with E-state index < -0.39 is 11.9 Å². The molecule has 1 fully saturated rings. The second-order valence-electron chi connectivity index (χ2n) is 7.98. The Labute approximate surface area is 194 Å². The molecule has 4 amide bonds. The van der Waals surface area contributed by atoms with Gasteiger partial charge in [0.1, 0.15) is 10.1 Å². The molecular weight excluding hydrogens is 450 g/mol. The summed E-state index contributed by atoms with van der Waals surface area (Å²) < 4.78 is 1.41. The fourth-order valence-corrected chi connectivity index (χ4v) is 5.57. The number of thioether (sulfide) groups is 1. The van der Waals surface area contributed by atoms with Crippen molar-refractivity contribution < 1.29 is 19.0 Å². The van der Waals surface area contributed by atoms with E-state index in [4.69, 9.17) is 4.99 Å². The first kappa shape index (κ1) is 22.7. The van der Waals surface area contributed by atoms with Crippen LogP contribution < -0.4 is 5.32 Å². The number of amidine groups is 2. The van der Waals surface area contributed by atoms with Crippen molar-refractivity contribution in [3.63, 3.8) is 0 Å². The fraction of sp³-hybridized carbons (Fsp3) is 0.600. The molecule has 32 heavy (non-hydrogen) atoms. The number of hydrogen-bond acceptors (Lipinski definition) is 9. The van der Waals surface area contributed by atoms with Gasteiger partial charge >= 0.3 is 11.9 Å². The SMILES string of the molecule is CCc1nnc(NC(=O)CSC2=NC(C3CCCCC3)=NC3=[N+](C)C(=O)N(C)C(=O)C23)s1. The summed E-state index contributed by atoms with van der Waals surface area (Å²) in [4.78, 5) is 48.5. The van der Waals surface area contributed by atoms with Crippen LogP contribution in [-0.4, -0.2) is 74.1 Å². The molecule has 1 N–H and O–H groups in total. The number of amides is 4. The van der Waals surface area contributed by atoms with Crippen LogP contribution in [0.3, 0.4) is 0 Å². The zero-order chi connectivity index (χ0) is 22.8. The van der Waals surface area contributed by atoms with Crippen LogP contribution >= 0.6 is 23.1 Å². The minimum atomic E-state index is -0.777. The molecule has 3 aliphatic rings. The van der Waals surface area contributed by atoms with E-state index in [0.717, 1.165) is 42.0 Å². The molecule has 0 radical (unpaired) electrons. The summed E-state index contributed by atoms with van der Waals surface area (Å²) in [5.41, 5.74) is 0. The molecule has 1 aromatic rings. The van der Waals surface area contributed by atoms with Gasteiger partial charge in [-0.2, -0.15) is 9.48 Å². The third-order valence-electron chi connectivity index (χ3n) is 5.79. The Morgan fingerprint density at radius 3 is 2.66 bits per heavy atom. The summed E-state index contributed by atoms with van der Waals surface area (Å²) in [6, 6.07) is -0.417. The predicted molar refractivity (Wildman–Crippen MR) is 125 cm³/mol. The number of aromatic nitrogens is 2. The van der Waals surface area contributed by atoms with Crippen LogP contribution in [-0.2, 0) is 16.0 Å². The molecule has 1 aliphatic carbocycles. The number of imide groups is 1. The molecule has 2 aliphatic heterocycles. The minimum absolute atomic E-state index is 0.0657. The average molecular weight is 477 g/mol. The topological polar surface area (TPSA) is 120 Å². The van der Waals surface area contributed by atoms with Crippen molar-refractivity contribution >= 4 is 62.8 Å². The number of carbonyl (C=O) groups is 3. The monoisotopic (exact) mass is 476 g/mol. The molecule has 1 atom stereocenters. The zero-order valence-electron chi connectivity index (χ0n) is 18.3. The van der Waals surface area contributed by atoms with Crippen LogP contribution in [0.25, 0.3) is 0 Å². The van der Waals surface area contributed by atoms with Crippen molar-refractivity contribution in [2.45, 2.75) is 45.4 Å². The first-order valence-corrected chi connectivity index (χ1v) is 12.5. The molecule has 12 heteroatoms. The molecule has 10 nitrogen and oxygen atoms in total. The van der Waals surface area contributed by atoms with Crippen molar-refractivity contribution in [2.75, 3.05) is 25.2 Å². The van der Waals surface area contributed by atoms with E-state index >= 15 is 0 Å². The maximum atomic E-state index is 13.0. The van der Waals surface area contributed by atoms with Gasteiger partial charge in [0.2, 0.25) is 16.9 Å². The highest BCUT2D eigenvalue weighted by atomic mass is 32.2. The molecule has 4 rings (SSSR count). The Morgan fingerprint density at radius 1 is 1.22 bits per heavy atom. The van der Waals surface area contributed by atoms with E-state index in [1.165, 1.54) is 41.1 Å². The quantitative estimate of drug-likeness (QED) is 0.652. The number of rotatable bonds is 5. The smallest absolute Gasteiger partial charge is 0.300 e. The molecule has 170 valence electrons. The van der Waals surface area contributed by atoms with E-state index in [1.54, 1.807) is 7.05 Å². The summed E-state index contributed by atoms with van der Waals surface area (Å²) in [5, 5.41) is 12.5. The second-order valence-corrected chi connectivity index (χ2v) is 10.0. The van der Waals surface area contributed by atoms with Crippen molar-refractivity contribution in [2.24, 2.45) is 21.8 Å². The van der Waals surface area contributed by atoms with Crippen molar-refractivity contribution in [1.82, 2.24) is 15.1 Å². The molecule has 1 unspecified atom stereocenters. The Kier molecular flexibility index (Phi) is 6.79. The van der Waals surface area contributed by atoms with Gasteiger partial charge in [-0.05, 0) is 19.3 Å². The number of nitrogens with one attached hydrogen (secondary N) is 1. The molecule has 1 aromatic heterocycles. The molecular formula is C20H26N7O3S2+. The molecule has 1 saturated carbocycles.